The van der Waals surface area contributed by atoms with Gasteiger partial charge >= 0.3 is 0 Å². The second kappa shape index (κ2) is 6.47. The summed E-state index contributed by atoms with van der Waals surface area (Å²) in [5.41, 5.74) is 1.41. The number of nitrogens with one attached hydrogen (secondary N) is 1. The lowest BCUT2D eigenvalue weighted by Gasteiger charge is -2.18. The Hall–Kier alpha value is -2.45. The van der Waals surface area contributed by atoms with Gasteiger partial charge in [0.1, 0.15) is 11.9 Å². The molecular weight excluding hydrogens is 240 g/mol. The lowest BCUT2D eigenvalue weighted by molar-refractivity contribution is 0.186. The van der Waals surface area contributed by atoms with E-state index in [0.29, 0.717) is 18.1 Å². The van der Waals surface area contributed by atoms with Gasteiger partial charge in [0.05, 0.1) is 25.0 Å². The fourth-order valence-corrected chi connectivity index (χ4v) is 1.71. The predicted octanol–water partition coefficient (Wildman–Crippen LogP) is 2.15. The summed E-state index contributed by atoms with van der Waals surface area (Å²) in [5.74, 6) is 0.616. The topological polar surface area (TPSA) is 70.8 Å². The van der Waals surface area contributed by atoms with E-state index < -0.39 is 0 Å². The van der Waals surface area contributed by atoms with Crippen LogP contribution in [-0.4, -0.2) is 23.7 Å². The van der Waals surface area contributed by atoms with E-state index in [9.17, 15) is 0 Å². The molecule has 1 aromatic carbocycles. The zero-order valence-electron chi connectivity index (χ0n) is 10.6. The minimum atomic E-state index is -0.00608. The standard InChI is InChI=1S/C14H14N4O/c1-19-10-13(11-5-3-2-4-6-11)18-14-9-16-12(7-15)8-17-14/h2-6,8-9,13H,10H2,1H3,(H,17,18). The highest BCUT2D eigenvalue weighted by Crippen LogP contribution is 2.17. The predicted molar refractivity (Wildman–Crippen MR) is 71.4 cm³/mol. The van der Waals surface area contributed by atoms with E-state index in [0.717, 1.165) is 5.56 Å². The molecule has 0 aliphatic carbocycles. The van der Waals surface area contributed by atoms with Crippen LogP contribution in [0.1, 0.15) is 17.3 Å². The maximum atomic E-state index is 8.68. The van der Waals surface area contributed by atoms with Crippen LogP contribution in [0.15, 0.2) is 42.7 Å². The zero-order chi connectivity index (χ0) is 13.5. The van der Waals surface area contributed by atoms with Gasteiger partial charge in [-0.15, -0.1) is 0 Å². The van der Waals surface area contributed by atoms with E-state index in [1.807, 2.05) is 36.4 Å². The van der Waals surface area contributed by atoms with Crippen LogP contribution in [0.5, 0.6) is 0 Å². The first-order chi connectivity index (χ1) is 9.33. The summed E-state index contributed by atoms with van der Waals surface area (Å²) in [6, 6.07) is 11.9. The van der Waals surface area contributed by atoms with Crippen molar-refractivity contribution < 1.29 is 4.74 Å². The van der Waals surface area contributed by atoms with Crippen molar-refractivity contribution in [2.24, 2.45) is 0 Å². The number of hydrogen-bond donors (Lipinski definition) is 1. The van der Waals surface area contributed by atoms with Crippen LogP contribution < -0.4 is 5.32 Å². The molecule has 96 valence electrons. The molecule has 0 fully saturated rings. The summed E-state index contributed by atoms with van der Waals surface area (Å²) in [4.78, 5) is 8.12. The first-order valence-corrected chi connectivity index (χ1v) is 5.86. The van der Waals surface area contributed by atoms with Crippen LogP contribution in [0, 0.1) is 11.3 Å². The number of nitriles is 1. The third kappa shape index (κ3) is 3.50. The molecule has 2 rings (SSSR count). The lowest BCUT2D eigenvalue weighted by Crippen LogP contribution is -2.17. The minimum Gasteiger partial charge on any atom is -0.382 e. The van der Waals surface area contributed by atoms with Crippen molar-refractivity contribution in [1.29, 1.82) is 5.26 Å². The Kier molecular flexibility index (Phi) is 4.43. The monoisotopic (exact) mass is 254 g/mol. The van der Waals surface area contributed by atoms with E-state index in [-0.39, 0.29) is 6.04 Å². The fraction of sp³-hybridized carbons (Fsp3) is 0.214. The number of hydrogen-bond acceptors (Lipinski definition) is 5. The molecule has 19 heavy (non-hydrogen) atoms. The summed E-state index contributed by atoms with van der Waals surface area (Å²) in [7, 11) is 1.65. The molecule has 2 aromatic rings. The number of rotatable bonds is 5. The summed E-state index contributed by atoms with van der Waals surface area (Å²) in [6.45, 7) is 0.520. The summed E-state index contributed by atoms with van der Waals surface area (Å²) in [5, 5.41) is 11.9. The second-order valence-electron chi connectivity index (χ2n) is 3.96. The van der Waals surface area contributed by atoms with Crippen LogP contribution in [0.2, 0.25) is 0 Å². The van der Waals surface area contributed by atoms with Crippen LogP contribution in [-0.2, 0) is 4.74 Å². The van der Waals surface area contributed by atoms with E-state index in [1.165, 1.54) is 6.20 Å². The van der Waals surface area contributed by atoms with Gasteiger partial charge in [0.2, 0.25) is 0 Å². The molecule has 1 N–H and O–H groups in total. The molecule has 1 atom stereocenters. The number of benzene rings is 1. The largest absolute Gasteiger partial charge is 0.382 e. The third-order valence-corrected chi connectivity index (χ3v) is 2.62. The first-order valence-electron chi connectivity index (χ1n) is 5.86. The van der Waals surface area contributed by atoms with Crippen LogP contribution in [0.3, 0.4) is 0 Å². The average Bonchev–Trinajstić information content (AvgIpc) is 2.48. The highest BCUT2D eigenvalue weighted by atomic mass is 16.5. The normalized spacial score (nSPS) is 11.6. The van der Waals surface area contributed by atoms with Crippen molar-refractivity contribution in [3.63, 3.8) is 0 Å². The van der Waals surface area contributed by atoms with Crippen molar-refractivity contribution in [3.8, 4) is 6.07 Å². The Morgan fingerprint density at radius 1 is 1.26 bits per heavy atom. The quantitative estimate of drug-likeness (QED) is 0.885. The van der Waals surface area contributed by atoms with Crippen LogP contribution in [0.4, 0.5) is 5.82 Å². The Morgan fingerprint density at radius 2 is 2.05 bits per heavy atom. The fourth-order valence-electron chi connectivity index (χ4n) is 1.71. The molecule has 1 aromatic heterocycles. The van der Waals surface area contributed by atoms with Crippen LogP contribution >= 0.6 is 0 Å². The molecule has 0 aliphatic heterocycles. The number of anilines is 1. The summed E-state index contributed by atoms with van der Waals surface area (Å²) < 4.78 is 5.21. The van der Waals surface area contributed by atoms with Gasteiger partial charge in [-0.3, -0.25) is 0 Å². The van der Waals surface area contributed by atoms with E-state index in [4.69, 9.17) is 10.00 Å². The number of aromatic nitrogens is 2. The van der Waals surface area contributed by atoms with E-state index in [1.54, 1.807) is 13.3 Å². The van der Waals surface area contributed by atoms with Gasteiger partial charge in [0.25, 0.3) is 0 Å². The SMILES string of the molecule is COCC(Nc1cnc(C#N)cn1)c1ccccc1. The molecule has 5 heteroatoms. The molecule has 0 amide bonds. The lowest BCUT2D eigenvalue weighted by atomic mass is 10.1. The number of ether oxygens (including phenoxy) is 1. The molecular formula is C14H14N4O. The molecule has 0 radical (unpaired) electrons. The smallest absolute Gasteiger partial charge is 0.158 e. The van der Waals surface area contributed by atoms with Crippen molar-refractivity contribution in [3.05, 3.63) is 54.0 Å². The van der Waals surface area contributed by atoms with Gasteiger partial charge in [-0.25, -0.2) is 9.97 Å². The van der Waals surface area contributed by atoms with Gasteiger partial charge in [-0.1, -0.05) is 30.3 Å². The summed E-state index contributed by atoms with van der Waals surface area (Å²) >= 11 is 0. The molecule has 1 heterocycles. The van der Waals surface area contributed by atoms with Crippen molar-refractivity contribution >= 4 is 5.82 Å². The maximum absolute atomic E-state index is 8.68. The second-order valence-corrected chi connectivity index (χ2v) is 3.96. The Labute approximate surface area is 111 Å². The molecule has 0 saturated heterocycles. The maximum Gasteiger partial charge on any atom is 0.158 e. The highest BCUT2D eigenvalue weighted by molar-refractivity contribution is 5.37. The number of methoxy groups -OCH3 is 1. The molecule has 0 saturated carbocycles. The van der Waals surface area contributed by atoms with Gasteiger partial charge < -0.3 is 10.1 Å². The first kappa shape index (κ1) is 13.0. The zero-order valence-corrected chi connectivity index (χ0v) is 10.6. The van der Waals surface area contributed by atoms with Gasteiger partial charge in [0, 0.05) is 7.11 Å². The minimum absolute atomic E-state index is 0.00608. The highest BCUT2D eigenvalue weighted by Gasteiger charge is 2.11. The molecule has 0 aliphatic rings. The van der Waals surface area contributed by atoms with Crippen molar-refractivity contribution in [2.45, 2.75) is 6.04 Å². The Bertz CT molecular complexity index is 548. The number of nitrogens with zero attached hydrogens (tertiary/aromatic N) is 3. The van der Waals surface area contributed by atoms with E-state index in [2.05, 4.69) is 15.3 Å². The van der Waals surface area contributed by atoms with Gasteiger partial charge in [-0.2, -0.15) is 5.26 Å². The van der Waals surface area contributed by atoms with Crippen molar-refractivity contribution in [1.82, 2.24) is 9.97 Å². The summed E-state index contributed by atoms with van der Waals surface area (Å²) in [6.07, 6.45) is 2.99. The molecule has 1 unspecified atom stereocenters. The molecule has 0 spiro atoms. The third-order valence-electron chi connectivity index (χ3n) is 2.62. The van der Waals surface area contributed by atoms with Crippen molar-refractivity contribution in [2.75, 3.05) is 19.0 Å². The molecule has 0 bridgehead atoms. The molecule has 5 nitrogen and oxygen atoms in total. The van der Waals surface area contributed by atoms with Gasteiger partial charge in [-0.05, 0) is 5.56 Å². The van der Waals surface area contributed by atoms with Crippen LogP contribution in [0.25, 0.3) is 0 Å². The Balaban J connectivity index is 2.14. The average molecular weight is 254 g/mol. The van der Waals surface area contributed by atoms with Gasteiger partial charge in [0.15, 0.2) is 5.69 Å². The Morgan fingerprint density at radius 3 is 2.63 bits per heavy atom. The van der Waals surface area contributed by atoms with E-state index >= 15 is 0 Å².